The highest BCUT2D eigenvalue weighted by molar-refractivity contribution is 5.86. The highest BCUT2D eigenvalue weighted by atomic mass is 16.5. The maximum atomic E-state index is 11.6. The molecule has 103 heavy (non-hydrogen) atoms. The lowest BCUT2D eigenvalue weighted by Crippen LogP contribution is -2.28. The Bertz CT molecular complexity index is 3910. The highest BCUT2D eigenvalue weighted by Gasteiger charge is 2.27. The Balaban J connectivity index is 0.000000250. The van der Waals surface area contributed by atoms with Crippen molar-refractivity contribution in [1.82, 2.24) is 5.32 Å². The predicted octanol–water partition coefficient (Wildman–Crippen LogP) is 26.3. The molecule has 550 valence electrons. The maximum Gasteiger partial charge on any atom is 0.314 e. The number of carbonyl (C=O) groups is 3. The predicted molar refractivity (Wildman–Crippen MR) is 439 cm³/mol. The number of fused-ring (bicyclic) bond motifs is 3. The van der Waals surface area contributed by atoms with Crippen LogP contribution in [-0.2, 0) is 38.7 Å². The number of rotatable bonds is 20. The molecule has 11 rings (SSSR count). The number of methoxy groups -OCH3 is 1. The number of benzene rings is 10. The van der Waals surface area contributed by atoms with Gasteiger partial charge >= 0.3 is 11.9 Å². The molecule has 1 N–H and O–H groups in total. The molecule has 0 aliphatic heterocycles. The first kappa shape index (κ1) is 86.3. The van der Waals surface area contributed by atoms with Gasteiger partial charge in [-0.15, -0.1) is 0 Å². The van der Waals surface area contributed by atoms with E-state index in [9.17, 15) is 14.4 Å². The number of hydrogen-bond donors (Lipinski definition) is 1. The van der Waals surface area contributed by atoms with Gasteiger partial charge < -0.3 is 19.5 Å². The van der Waals surface area contributed by atoms with E-state index in [1.165, 1.54) is 75.9 Å². The molecule has 0 saturated carbocycles. The number of carbonyl (C=O) groups excluding carboxylic acids is 3. The fraction of sp³-hybridized carbons (Fsp3) is 0.385. The second-order valence-corrected chi connectivity index (χ2v) is 28.1. The molecule has 8 unspecified atom stereocenters. The summed E-state index contributed by atoms with van der Waals surface area (Å²) in [6.45, 7) is 37.2. The van der Waals surface area contributed by atoms with E-state index in [4.69, 9.17) is 14.2 Å². The Kier molecular flexibility index (Phi) is 40.2. The van der Waals surface area contributed by atoms with Crippen LogP contribution in [0.1, 0.15) is 237 Å². The van der Waals surface area contributed by atoms with Crippen LogP contribution in [-0.4, -0.2) is 25.0 Å². The largest absolute Gasteiger partial charge is 0.497 e. The Morgan fingerprint density at radius 3 is 1.46 bits per heavy atom. The molecule has 10 aromatic carbocycles. The van der Waals surface area contributed by atoms with Crippen LogP contribution in [0.25, 0.3) is 21.5 Å². The molecular weight excluding hydrogens is 1260 g/mol. The van der Waals surface area contributed by atoms with Gasteiger partial charge in [-0.25, -0.2) is 0 Å². The van der Waals surface area contributed by atoms with Crippen molar-refractivity contribution in [3.8, 4) is 11.5 Å². The van der Waals surface area contributed by atoms with Crippen molar-refractivity contribution in [3.63, 3.8) is 0 Å². The lowest BCUT2D eigenvalue weighted by molar-refractivity contribution is -0.155. The molecule has 7 heteroatoms. The molecule has 0 radical (unpaired) electrons. The van der Waals surface area contributed by atoms with Crippen LogP contribution < -0.4 is 14.8 Å². The van der Waals surface area contributed by atoms with Crippen LogP contribution in [0.4, 0.5) is 0 Å². The summed E-state index contributed by atoms with van der Waals surface area (Å²) in [6, 6.07) is 87.1. The van der Waals surface area contributed by atoms with Crippen molar-refractivity contribution < 1.29 is 28.6 Å². The summed E-state index contributed by atoms with van der Waals surface area (Å²) < 4.78 is 15.5. The summed E-state index contributed by atoms with van der Waals surface area (Å²) >= 11 is 0. The van der Waals surface area contributed by atoms with Gasteiger partial charge in [-0.05, 0) is 191 Å². The summed E-state index contributed by atoms with van der Waals surface area (Å²) in [5.41, 5.74) is 10.7. The quantitative estimate of drug-likeness (QED) is 0.0604. The lowest BCUT2D eigenvalue weighted by atomic mass is 9.91. The van der Waals surface area contributed by atoms with Gasteiger partial charge in [0.2, 0.25) is 5.91 Å². The summed E-state index contributed by atoms with van der Waals surface area (Å²) in [4.78, 5) is 34.4. The zero-order valence-electron chi connectivity index (χ0n) is 65.9. The van der Waals surface area contributed by atoms with Crippen molar-refractivity contribution in [2.45, 2.75) is 212 Å². The molecule has 0 heterocycles. The minimum absolute atomic E-state index is 0.0276. The molecule has 0 spiro atoms. The Hall–Kier alpha value is -9.07. The van der Waals surface area contributed by atoms with E-state index in [1.807, 2.05) is 139 Å². The van der Waals surface area contributed by atoms with Crippen molar-refractivity contribution in [2.75, 3.05) is 7.11 Å². The van der Waals surface area contributed by atoms with Crippen LogP contribution in [0, 0.1) is 23.2 Å². The molecule has 10 aromatic rings. The van der Waals surface area contributed by atoms with Gasteiger partial charge in [-0.3, -0.25) is 14.4 Å². The monoisotopic (exact) mass is 1390 g/mol. The normalized spacial score (nSPS) is 14.1. The van der Waals surface area contributed by atoms with Crippen molar-refractivity contribution in [1.29, 1.82) is 0 Å². The number of hydrogen-bond acceptors (Lipinski definition) is 6. The molecule has 0 aromatic heterocycles. The minimum atomic E-state index is -0.380. The van der Waals surface area contributed by atoms with Crippen LogP contribution in [0.5, 0.6) is 11.5 Å². The molecule has 1 amide bonds. The summed E-state index contributed by atoms with van der Waals surface area (Å²) in [5, 5.41) is 8.35. The van der Waals surface area contributed by atoms with Gasteiger partial charge in [0.1, 0.15) is 18.1 Å². The molecular formula is C96H125NO6. The standard InChI is InChI=1S/2C14H16.C13H18O2.C12H17NO.C11H14O2.C11H16O.C11H14.C10H14/c1-3-11(2)13-10-6-8-12-7-4-5-9-14(12)13;1-3-11(2)13-9-8-12-6-4-5-7-14(12)10-13;1-4-13(2,3)12(14)15-10-11-8-6-5-7-9-11;1-3-10(2)12(14)13-9-11-7-5-4-6-8-11;1-3-9(2)11(12)13-10-7-5-4-6-8-10;1-4-9(2)10-5-7-11(12-3)8-6-10;1-8-7-10-5-3-4-6-11(10)9(8)2;1-3-9(2)10-7-5-4-6-8-10/h2*4-11H,3H2,1-2H3;5-9H,4,10H2,1-3H3;4-8,10H,3,9H2,1-2H3,(H,13,14);4-9H,3H2,1-2H3;5-9H,4H2,1-3H3;3-6,8-9H,7H2,1-2H3;4-9H,3H2,1-2H3. The van der Waals surface area contributed by atoms with Crippen LogP contribution in [0.2, 0.25) is 0 Å². The fourth-order valence-corrected chi connectivity index (χ4v) is 10.9. The first-order valence-electron chi connectivity index (χ1n) is 38.1. The lowest BCUT2D eigenvalue weighted by Gasteiger charge is -2.20. The molecule has 1 aliphatic rings. The van der Waals surface area contributed by atoms with E-state index >= 15 is 0 Å². The van der Waals surface area contributed by atoms with E-state index < -0.39 is 0 Å². The number of esters is 2. The number of nitrogens with one attached hydrogen (secondary N) is 1. The van der Waals surface area contributed by atoms with E-state index in [2.05, 4.69) is 226 Å². The van der Waals surface area contributed by atoms with Crippen molar-refractivity contribution >= 4 is 39.4 Å². The average molecular weight is 1390 g/mol. The molecule has 0 fully saturated rings. The SMILES string of the molecule is CC1Cc2ccccc2C1C.CCC(C)(C)C(=O)OCc1ccccc1.CCC(C)C(=O)NCc1ccccc1.CCC(C)C(=O)Oc1ccccc1.CCC(C)c1ccc(OC)cc1.CCC(C)c1ccc2ccccc2c1.CCC(C)c1cccc2ccccc12.CCC(C)c1ccccc1. The van der Waals surface area contributed by atoms with E-state index in [1.54, 1.807) is 30.4 Å². The van der Waals surface area contributed by atoms with Gasteiger partial charge in [-0.2, -0.15) is 0 Å². The first-order valence-corrected chi connectivity index (χ1v) is 38.1. The summed E-state index contributed by atoms with van der Waals surface area (Å²) in [5.74, 6) is 5.77. The minimum Gasteiger partial charge on any atom is -0.497 e. The first-order chi connectivity index (χ1) is 49.6. The third-order valence-electron chi connectivity index (χ3n) is 20.1. The zero-order valence-corrected chi connectivity index (χ0v) is 65.9. The molecule has 7 nitrogen and oxygen atoms in total. The molecule has 8 atom stereocenters. The van der Waals surface area contributed by atoms with Gasteiger partial charge in [0.25, 0.3) is 0 Å². The zero-order chi connectivity index (χ0) is 75.5. The fourth-order valence-electron chi connectivity index (χ4n) is 10.9. The van der Waals surface area contributed by atoms with Crippen molar-refractivity contribution in [3.05, 3.63) is 299 Å². The van der Waals surface area contributed by atoms with E-state index in [0.717, 1.165) is 48.0 Å². The van der Waals surface area contributed by atoms with Gasteiger partial charge in [-0.1, -0.05) is 334 Å². The Morgan fingerprint density at radius 2 is 0.913 bits per heavy atom. The van der Waals surface area contributed by atoms with Crippen molar-refractivity contribution in [2.24, 2.45) is 23.2 Å². The van der Waals surface area contributed by atoms with Crippen LogP contribution in [0.3, 0.4) is 0 Å². The second-order valence-electron chi connectivity index (χ2n) is 28.1. The maximum absolute atomic E-state index is 11.6. The average Bonchev–Trinajstić information content (AvgIpc) is 1.81. The van der Waals surface area contributed by atoms with Gasteiger partial charge in [0, 0.05) is 12.5 Å². The molecule has 0 saturated heterocycles. The summed E-state index contributed by atoms with van der Waals surface area (Å²) in [6.07, 6.45) is 8.59. The third kappa shape index (κ3) is 30.8. The molecule has 1 aliphatic carbocycles. The number of amides is 1. The number of para-hydroxylation sites is 1. The second kappa shape index (κ2) is 48.0. The third-order valence-corrected chi connectivity index (χ3v) is 20.1. The number of ether oxygens (including phenoxy) is 3. The van der Waals surface area contributed by atoms with E-state index in [-0.39, 0.29) is 35.1 Å². The van der Waals surface area contributed by atoms with Crippen LogP contribution >= 0.6 is 0 Å². The van der Waals surface area contributed by atoms with Crippen LogP contribution in [0.15, 0.2) is 255 Å². The smallest absolute Gasteiger partial charge is 0.314 e. The van der Waals surface area contributed by atoms with Gasteiger partial charge in [0.05, 0.1) is 18.4 Å². The molecule has 0 bridgehead atoms. The van der Waals surface area contributed by atoms with Gasteiger partial charge in [0.15, 0.2) is 0 Å². The van der Waals surface area contributed by atoms with E-state index in [0.29, 0.717) is 42.6 Å². The Morgan fingerprint density at radius 1 is 0.447 bits per heavy atom. The topological polar surface area (TPSA) is 90.9 Å². The summed E-state index contributed by atoms with van der Waals surface area (Å²) in [7, 11) is 1.69. The Labute approximate surface area is 622 Å². The highest BCUT2D eigenvalue weighted by Crippen LogP contribution is 2.37.